The lowest BCUT2D eigenvalue weighted by Gasteiger charge is -2.27. The topological polar surface area (TPSA) is 61.8 Å². The number of carbonyl (C=O) groups is 1. The van der Waals surface area contributed by atoms with Crippen molar-refractivity contribution in [2.24, 2.45) is 0 Å². The van der Waals surface area contributed by atoms with E-state index in [1.807, 2.05) is 16.8 Å². The zero-order valence-electron chi connectivity index (χ0n) is 10.2. The number of rotatable bonds is 5. The van der Waals surface area contributed by atoms with Gasteiger partial charge in [0.2, 0.25) is 5.91 Å². The Kier molecular flexibility index (Phi) is 5.12. The molecule has 1 atom stereocenters. The van der Waals surface area contributed by atoms with Crippen molar-refractivity contribution in [3.8, 4) is 0 Å². The van der Waals surface area contributed by atoms with E-state index in [1.165, 1.54) is 0 Å². The standard InChI is InChI=1S/C12H18N2O3S/c15-11(10-1-6-18-9-10)7-13-8-12(16)14-2-4-17-5-3-14/h1,6,9,11,13,15H,2-5,7-8H2. The van der Waals surface area contributed by atoms with Crippen LogP contribution in [0.25, 0.3) is 0 Å². The summed E-state index contributed by atoms with van der Waals surface area (Å²) in [7, 11) is 0. The van der Waals surface area contributed by atoms with Gasteiger partial charge < -0.3 is 20.1 Å². The number of aliphatic hydroxyl groups excluding tert-OH is 1. The lowest BCUT2D eigenvalue weighted by Crippen LogP contribution is -2.45. The van der Waals surface area contributed by atoms with Crippen molar-refractivity contribution in [2.45, 2.75) is 6.10 Å². The van der Waals surface area contributed by atoms with Crippen LogP contribution in [-0.2, 0) is 9.53 Å². The minimum Gasteiger partial charge on any atom is -0.387 e. The Hall–Kier alpha value is -0.950. The molecule has 1 aliphatic rings. The molecule has 0 spiro atoms. The first-order valence-corrected chi connectivity index (χ1v) is 6.98. The van der Waals surface area contributed by atoms with Gasteiger partial charge in [0.1, 0.15) is 0 Å². The van der Waals surface area contributed by atoms with Gasteiger partial charge in [0.05, 0.1) is 25.9 Å². The van der Waals surface area contributed by atoms with Gasteiger partial charge in [-0.25, -0.2) is 0 Å². The molecule has 0 saturated carbocycles. The first-order chi connectivity index (χ1) is 8.77. The Bertz CT molecular complexity index is 363. The molecule has 0 radical (unpaired) electrons. The van der Waals surface area contributed by atoms with Gasteiger partial charge in [-0.2, -0.15) is 11.3 Å². The number of nitrogens with zero attached hydrogens (tertiary/aromatic N) is 1. The first-order valence-electron chi connectivity index (χ1n) is 6.04. The number of nitrogens with one attached hydrogen (secondary N) is 1. The maximum Gasteiger partial charge on any atom is 0.236 e. The van der Waals surface area contributed by atoms with Crippen LogP contribution in [0.15, 0.2) is 16.8 Å². The Balaban J connectivity index is 1.67. The molecule has 1 unspecified atom stereocenters. The number of thiophene rings is 1. The van der Waals surface area contributed by atoms with Crippen molar-refractivity contribution < 1.29 is 14.6 Å². The summed E-state index contributed by atoms with van der Waals surface area (Å²) >= 11 is 1.55. The molecule has 2 heterocycles. The predicted molar refractivity (Wildman–Crippen MR) is 69.5 cm³/mol. The lowest BCUT2D eigenvalue weighted by molar-refractivity contribution is -0.134. The molecule has 1 aromatic rings. The highest BCUT2D eigenvalue weighted by Crippen LogP contribution is 2.14. The Labute approximate surface area is 110 Å². The summed E-state index contributed by atoms with van der Waals surface area (Å²) in [6, 6.07) is 1.89. The zero-order chi connectivity index (χ0) is 12.8. The van der Waals surface area contributed by atoms with Crippen LogP contribution in [0.5, 0.6) is 0 Å². The summed E-state index contributed by atoms with van der Waals surface area (Å²) in [5.41, 5.74) is 0.895. The number of ether oxygens (including phenoxy) is 1. The SMILES string of the molecule is O=C(CNCC(O)c1ccsc1)N1CCOCC1. The third-order valence-corrected chi connectivity index (χ3v) is 3.61. The van der Waals surface area contributed by atoms with Crippen molar-refractivity contribution in [3.63, 3.8) is 0 Å². The van der Waals surface area contributed by atoms with Crippen LogP contribution >= 0.6 is 11.3 Å². The summed E-state index contributed by atoms with van der Waals surface area (Å²) in [6.45, 7) is 3.21. The minimum atomic E-state index is -0.547. The summed E-state index contributed by atoms with van der Waals surface area (Å²) in [6.07, 6.45) is -0.547. The summed E-state index contributed by atoms with van der Waals surface area (Å²) in [5, 5.41) is 16.7. The molecule has 18 heavy (non-hydrogen) atoms. The molecule has 2 rings (SSSR count). The average Bonchev–Trinajstić information content (AvgIpc) is 2.93. The van der Waals surface area contributed by atoms with Gasteiger partial charge >= 0.3 is 0 Å². The van der Waals surface area contributed by atoms with E-state index in [4.69, 9.17) is 4.74 Å². The third-order valence-electron chi connectivity index (χ3n) is 2.91. The minimum absolute atomic E-state index is 0.0656. The van der Waals surface area contributed by atoms with Gasteiger partial charge in [-0.1, -0.05) is 0 Å². The van der Waals surface area contributed by atoms with Crippen molar-refractivity contribution in [1.82, 2.24) is 10.2 Å². The summed E-state index contributed by atoms with van der Waals surface area (Å²) in [5.74, 6) is 0.0656. The highest BCUT2D eigenvalue weighted by Gasteiger charge is 2.16. The average molecular weight is 270 g/mol. The van der Waals surface area contributed by atoms with Crippen LogP contribution in [0.1, 0.15) is 11.7 Å². The van der Waals surface area contributed by atoms with Crippen molar-refractivity contribution in [2.75, 3.05) is 39.4 Å². The highest BCUT2D eigenvalue weighted by atomic mass is 32.1. The fourth-order valence-electron chi connectivity index (χ4n) is 1.82. The highest BCUT2D eigenvalue weighted by molar-refractivity contribution is 7.07. The molecule has 0 bridgehead atoms. The molecule has 1 aromatic heterocycles. The van der Waals surface area contributed by atoms with Crippen LogP contribution in [0.2, 0.25) is 0 Å². The second-order valence-corrected chi connectivity index (χ2v) is 4.98. The second-order valence-electron chi connectivity index (χ2n) is 4.20. The molecule has 5 nitrogen and oxygen atoms in total. The van der Waals surface area contributed by atoms with Crippen LogP contribution < -0.4 is 5.32 Å². The molecule has 2 N–H and O–H groups in total. The first kappa shape index (κ1) is 13.5. The van der Waals surface area contributed by atoms with E-state index < -0.39 is 6.10 Å². The van der Waals surface area contributed by atoms with E-state index in [1.54, 1.807) is 16.2 Å². The Morgan fingerprint density at radius 2 is 2.33 bits per heavy atom. The fraction of sp³-hybridized carbons (Fsp3) is 0.583. The van der Waals surface area contributed by atoms with Gasteiger partial charge in [-0.05, 0) is 22.4 Å². The maximum atomic E-state index is 11.8. The van der Waals surface area contributed by atoms with Crippen LogP contribution in [0.4, 0.5) is 0 Å². The molecule has 1 aliphatic heterocycles. The smallest absolute Gasteiger partial charge is 0.236 e. The lowest BCUT2D eigenvalue weighted by atomic mass is 10.2. The molecular formula is C12H18N2O3S. The van der Waals surface area contributed by atoms with Gasteiger partial charge in [-0.3, -0.25) is 4.79 Å². The molecule has 6 heteroatoms. The number of hydrogen-bond donors (Lipinski definition) is 2. The predicted octanol–water partition coefficient (Wildman–Crippen LogP) is 0.230. The number of carbonyl (C=O) groups excluding carboxylic acids is 1. The van der Waals surface area contributed by atoms with Gasteiger partial charge in [0, 0.05) is 19.6 Å². The van der Waals surface area contributed by atoms with Crippen LogP contribution in [0.3, 0.4) is 0 Å². The third kappa shape index (κ3) is 3.78. The fourth-order valence-corrected chi connectivity index (χ4v) is 2.53. The number of hydrogen-bond acceptors (Lipinski definition) is 5. The van der Waals surface area contributed by atoms with E-state index in [9.17, 15) is 9.90 Å². The van der Waals surface area contributed by atoms with Gasteiger partial charge in [0.25, 0.3) is 0 Å². The number of aliphatic hydroxyl groups is 1. The summed E-state index contributed by atoms with van der Waals surface area (Å²) in [4.78, 5) is 13.6. The number of morpholine rings is 1. The van der Waals surface area contributed by atoms with Gasteiger partial charge in [0.15, 0.2) is 0 Å². The van der Waals surface area contributed by atoms with Crippen molar-refractivity contribution in [1.29, 1.82) is 0 Å². The van der Waals surface area contributed by atoms with Crippen molar-refractivity contribution >= 4 is 17.2 Å². The molecule has 1 fully saturated rings. The molecule has 1 amide bonds. The van der Waals surface area contributed by atoms with Crippen molar-refractivity contribution in [3.05, 3.63) is 22.4 Å². The van der Waals surface area contributed by atoms with E-state index in [-0.39, 0.29) is 12.5 Å². The normalized spacial score (nSPS) is 17.7. The molecule has 0 aliphatic carbocycles. The Morgan fingerprint density at radius 1 is 1.56 bits per heavy atom. The quantitative estimate of drug-likeness (QED) is 0.804. The molecular weight excluding hydrogens is 252 g/mol. The number of amides is 1. The van der Waals surface area contributed by atoms with E-state index in [2.05, 4.69) is 5.32 Å². The van der Waals surface area contributed by atoms with Crippen LogP contribution in [0, 0.1) is 0 Å². The second kappa shape index (κ2) is 6.84. The van der Waals surface area contributed by atoms with Crippen LogP contribution in [-0.4, -0.2) is 55.3 Å². The van der Waals surface area contributed by atoms with E-state index >= 15 is 0 Å². The Morgan fingerprint density at radius 3 is 3.00 bits per heavy atom. The zero-order valence-corrected chi connectivity index (χ0v) is 11.0. The largest absolute Gasteiger partial charge is 0.387 e. The maximum absolute atomic E-state index is 11.8. The molecule has 0 aromatic carbocycles. The molecule has 1 saturated heterocycles. The summed E-state index contributed by atoms with van der Waals surface area (Å²) < 4.78 is 5.19. The van der Waals surface area contributed by atoms with E-state index in [0.29, 0.717) is 32.8 Å². The molecule has 100 valence electrons. The monoisotopic (exact) mass is 270 g/mol. The van der Waals surface area contributed by atoms with E-state index in [0.717, 1.165) is 5.56 Å². The van der Waals surface area contributed by atoms with Gasteiger partial charge in [-0.15, -0.1) is 0 Å².